The fraction of sp³-hybridized carbons (Fsp3) is 0.818. The van der Waals surface area contributed by atoms with Crippen LogP contribution in [0.15, 0.2) is 4.52 Å². The zero-order valence-electron chi connectivity index (χ0n) is 9.48. The van der Waals surface area contributed by atoms with Crippen LogP contribution in [-0.4, -0.2) is 36.3 Å². The summed E-state index contributed by atoms with van der Waals surface area (Å²) in [4.78, 5) is 6.74. The van der Waals surface area contributed by atoms with Gasteiger partial charge in [-0.3, -0.25) is 0 Å². The van der Waals surface area contributed by atoms with Crippen molar-refractivity contribution in [2.24, 2.45) is 0 Å². The van der Waals surface area contributed by atoms with Crippen molar-refractivity contribution in [1.29, 1.82) is 0 Å². The molecule has 2 aliphatic rings. The summed E-state index contributed by atoms with van der Waals surface area (Å²) < 4.78 is 5.37. The van der Waals surface area contributed by atoms with Crippen molar-refractivity contribution in [3.8, 4) is 0 Å². The summed E-state index contributed by atoms with van der Waals surface area (Å²) in [6.07, 6.45) is 4.85. The Kier molecular flexibility index (Phi) is 2.78. The second-order valence-electron chi connectivity index (χ2n) is 4.67. The van der Waals surface area contributed by atoms with Crippen LogP contribution in [0.4, 0.5) is 5.95 Å². The smallest absolute Gasteiger partial charge is 0.266 e. The molecule has 5 heteroatoms. The van der Waals surface area contributed by atoms with Crippen LogP contribution in [0.25, 0.3) is 0 Å². The van der Waals surface area contributed by atoms with E-state index in [1.807, 2.05) is 0 Å². The van der Waals surface area contributed by atoms with Gasteiger partial charge in [0.25, 0.3) is 5.95 Å². The van der Waals surface area contributed by atoms with Gasteiger partial charge in [0.1, 0.15) is 0 Å². The topological polar surface area (TPSA) is 54.2 Å². The summed E-state index contributed by atoms with van der Waals surface area (Å²) in [6, 6.07) is 0. The van der Waals surface area contributed by atoms with Gasteiger partial charge in [0.05, 0.1) is 5.92 Å². The number of hydrogen-bond acceptors (Lipinski definition) is 5. The molecule has 1 unspecified atom stereocenters. The van der Waals surface area contributed by atoms with E-state index >= 15 is 0 Å². The van der Waals surface area contributed by atoms with Crippen molar-refractivity contribution in [2.45, 2.75) is 31.6 Å². The van der Waals surface area contributed by atoms with Gasteiger partial charge in [0, 0.05) is 19.6 Å². The maximum Gasteiger partial charge on any atom is 0.266 e. The molecule has 0 radical (unpaired) electrons. The quantitative estimate of drug-likeness (QED) is 0.813. The Labute approximate surface area is 95.2 Å². The molecule has 2 fully saturated rings. The van der Waals surface area contributed by atoms with E-state index in [2.05, 4.69) is 20.4 Å². The average Bonchev–Trinajstić information content (AvgIpc) is 3.01. The van der Waals surface area contributed by atoms with E-state index < -0.39 is 0 Å². The van der Waals surface area contributed by atoms with Crippen LogP contribution >= 0.6 is 0 Å². The van der Waals surface area contributed by atoms with Gasteiger partial charge in [-0.05, 0) is 37.4 Å². The van der Waals surface area contributed by atoms with E-state index in [-0.39, 0.29) is 0 Å². The molecule has 1 atom stereocenters. The highest BCUT2D eigenvalue weighted by atomic mass is 16.5. The lowest BCUT2D eigenvalue weighted by molar-refractivity contribution is 0.322. The molecule has 1 aromatic rings. The lowest BCUT2D eigenvalue weighted by Gasteiger charge is -2.18. The number of nitrogens with zero attached hydrogens (tertiary/aromatic N) is 3. The molecule has 2 aliphatic heterocycles. The molecule has 3 heterocycles. The largest absolute Gasteiger partial charge is 0.338 e. The fourth-order valence-electron chi connectivity index (χ4n) is 2.50. The maximum absolute atomic E-state index is 5.37. The number of aromatic nitrogens is 2. The Bertz CT molecular complexity index is 340. The molecule has 0 bridgehead atoms. The molecular weight excluding hydrogens is 204 g/mol. The van der Waals surface area contributed by atoms with Gasteiger partial charge in [0.15, 0.2) is 0 Å². The van der Waals surface area contributed by atoms with Crippen molar-refractivity contribution >= 4 is 5.95 Å². The Morgan fingerprint density at radius 1 is 1.25 bits per heavy atom. The van der Waals surface area contributed by atoms with Crippen LogP contribution in [0.2, 0.25) is 0 Å². The Morgan fingerprint density at radius 3 is 2.88 bits per heavy atom. The summed E-state index contributed by atoms with van der Waals surface area (Å²) in [5.41, 5.74) is 0. The van der Waals surface area contributed by atoms with Gasteiger partial charge < -0.3 is 14.7 Å². The lowest BCUT2D eigenvalue weighted by Crippen LogP contribution is -2.28. The highest BCUT2D eigenvalue weighted by molar-refractivity contribution is 5.29. The Balaban J connectivity index is 1.71. The third-order valence-electron chi connectivity index (χ3n) is 3.47. The second kappa shape index (κ2) is 4.41. The Morgan fingerprint density at radius 2 is 2.12 bits per heavy atom. The van der Waals surface area contributed by atoms with Crippen LogP contribution in [0, 0.1) is 0 Å². The Hall–Kier alpha value is -1.10. The first-order valence-electron chi connectivity index (χ1n) is 6.23. The number of hydrogen-bond donors (Lipinski definition) is 1. The van der Waals surface area contributed by atoms with E-state index in [0.717, 1.165) is 44.4 Å². The van der Waals surface area contributed by atoms with Crippen molar-refractivity contribution in [3.63, 3.8) is 0 Å². The maximum atomic E-state index is 5.37. The van der Waals surface area contributed by atoms with Crippen LogP contribution in [-0.2, 0) is 0 Å². The van der Waals surface area contributed by atoms with E-state index in [9.17, 15) is 0 Å². The summed E-state index contributed by atoms with van der Waals surface area (Å²) in [5, 5.41) is 7.46. The van der Waals surface area contributed by atoms with Crippen LogP contribution < -0.4 is 10.2 Å². The van der Waals surface area contributed by atoms with E-state index in [1.165, 1.54) is 19.3 Å². The summed E-state index contributed by atoms with van der Waals surface area (Å²) >= 11 is 0. The first-order valence-corrected chi connectivity index (χ1v) is 6.23. The van der Waals surface area contributed by atoms with Gasteiger partial charge >= 0.3 is 0 Å². The first kappa shape index (κ1) is 10.1. The van der Waals surface area contributed by atoms with Crippen LogP contribution in [0.3, 0.4) is 0 Å². The highest BCUT2D eigenvalue weighted by Crippen LogP contribution is 2.24. The molecule has 0 spiro atoms. The number of anilines is 1. The summed E-state index contributed by atoms with van der Waals surface area (Å²) in [5.74, 6) is 2.02. The monoisotopic (exact) mass is 222 g/mol. The average molecular weight is 222 g/mol. The predicted molar refractivity (Wildman–Crippen MR) is 60.6 cm³/mol. The molecule has 0 aliphatic carbocycles. The van der Waals surface area contributed by atoms with Gasteiger partial charge in [-0.2, -0.15) is 4.98 Å². The standard InChI is InChI=1S/C11H18N4O/c1-2-7-15(6-1)11-13-10(16-14-11)9-4-3-5-12-8-9/h9,12H,1-8H2. The molecule has 1 aromatic heterocycles. The van der Waals surface area contributed by atoms with Gasteiger partial charge in [-0.1, -0.05) is 0 Å². The molecule has 1 N–H and O–H groups in total. The molecule has 3 rings (SSSR count). The van der Waals surface area contributed by atoms with Crippen molar-refractivity contribution in [2.75, 3.05) is 31.1 Å². The molecule has 0 saturated carbocycles. The predicted octanol–water partition coefficient (Wildman–Crippen LogP) is 1.14. The molecular formula is C11H18N4O. The van der Waals surface area contributed by atoms with Crippen molar-refractivity contribution in [1.82, 2.24) is 15.5 Å². The fourth-order valence-corrected chi connectivity index (χ4v) is 2.50. The SMILES string of the molecule is C1CNCC(c2nc(N3CCCC3)no2)C1. The third-order valence-corrected chi connectivity index (χ3v) is 3.47. The van der Waals surface area contributed by atoms with Crippen molar-refractivity contribution < 1.29 is 4.52 Å². The van der Waals surface area contributed by atoms with Gasteiger partial charge in [0.2, 0.25) is 5.89 Å². The van der Waals surface area contributed by atoms with Gasteiger partial charge in [-0.15, -0.1) is 0 Å². The normalized spacial score (nSPS) is 26.2. The zero-order valence-corrected chi connectivity index (χ0v) is 9.48. The second-order valence-corrected chi connectivity index (χ2v) is 4.67. The molecule has 5 nitrogen and oxygen atoms in total. The van der Waals surface area contributed by atoms with Crippen LogP contribution in [0.5, 0.6) is 0 Å². The number of nitrogens with one attached hydrogen (secondary N) is 1. The molecule has 0 aromatic carbocycles. The zero-order chi connectivity index (χ0) is 10.8. The van der Waals surface area contributed by atoms with Crippen molar-refractivity contribution in [3.05, 3.63) is 5.89 Å². The van der Waals surface area contributed by atoms with E-state index in [4.69, 9.17) is 4.52 Å². The third kappa shape index (κ3) is 1.91. The summed E-state index contributed by atoms with van der Waals surface area (Å²) in [6.45, 7) is 4.23. The van der Waals surface area contributed by atoms with E-state index in [0.29, 0.717) is 5.92 Å². The number of piperidine rings is 1. The summed E-state index contributed by atoms with van der Waals surface area (Å²) in [7, 11) is 0. The van der Waals surface area contributed by atoms with Gasteiger partial charge in [-0.25, -0.2) is 0 Å². The van der Waals surface area contributed by atoms with E-state index in [1.54, 1.807) is 0 Å². The molecule has 16 heavy (non-hydrogen) atoms. The lowest BCUT2D eigenvalue weighted by atomic mass is 10.00. The molecule has 0 amide bonds. The number of rotatable bonds is 2. The van der Waals surface area contributed by atoms with Crippen LogP contribution in [0.1, 0.15) is 37.5 Å². The minimum absolute atomic E-state index is 0.414. The molecule has 88 valence electrons. The highest BCUT2D eigenvalue weighted by Gasteiger charge is 2.24. The minimum atomic E-state index is 0.414. The first-order chi connectivity index (χ1) is 7.93. The molecule has 2 saturated heterocycles. The minimum Gasteiger partial charge on any atom is -0.338 e.